The van der Waals surface area contributed by atoms with Gasteiger partial charge in [-0.15, -0.1) is 0 Å². The van der Waals surface area contributed by atoms with E-state index >= 15 is 0 Å². The summed E-state index contributed by atoms with van der Waals surface area (Å²) in [6, 6.07) is 7.48. The molecule has 0 saturated heterocycles. The standard InChI is InChI=1S/C17H27NO3/c1-20-16-8-4-7-13(9-16)17(19)12-21-11-15-6-3-2-5-14(15)10-18/h4,7-9,14-15,17,19H,2-3,5-6,10-12,18H2,1H3. The van der Waals surface area contributed by atoms with Crippen LogP contribution in [0.4, 0.5) is 0 Å². The third-order valence-electron chi connectivity index (χ3n) is 4.46. The van der Waals surface area contributed by atoms with Crippen LogP contribution in [-0.4, -0.2) is 32.0 Å². The van der Waals surface area contributed by atoms with Crippen LogP contribution >= 0.6 is 0 Å². The molecule has 1 fully saturated rings. The topological polar surface area (TPSA) is 64.7 Å². The van der Waals surface area contributed by atoms with Crippen molar-refractivity contribution < 1.29 is 14.6 Å². The average Bonchev–Trinajstić information content (AvgIpc) is 2.55. The maximum atomic E-state index is 10.2. The monoisotopic (exact) mass is 293 g/mol. The molecule has 0 heterocycles. The zero-order valence-corrected chi connectivity index (χ0v) is 12.8. The van der Waals surface area contributed by atoms with Gasteiger partial charge in [0.2, 0.25) is 0 Å². The Kier molecular flexibility index (Phi) is 6.49. The lowest BCUT2D eigenvalue weighted by Gasteiger charge is -2.30. The molecule has 1 saturated carbocycles. The normalized spacial score (nSPS) is 23.8. The molecule has 0 aromatic heterocycles. The van der Waals surface area contributed by atoms with E-state index < -0.39 is 6.10 Å². The number of aliphatic hydroxyl groups excluding tert-OH is 1. The Morgan fingerprint density at radius 3 is 2.76 bits per heavy atom. The van der Waals surface area contributed by atoms with Crippen LogP contribution in [0.5, 0.6) is 5.75 Å². The van der Waals surface area contributed by atoms with Crippen molar-refractivity contribution in [3.8, 4) is 5.75 Å². The van der Waals surface area contributed by atoms with Gasteiger partial charge >= 0.3 is 0 Å². The van der Waals surface area contributed by atoms with Gasteiger partial charge in [0.15, 0.2) is 0 Å². The molecule has 2 rings (SSSR count). The van der Waals surface area contributed by atoms with E-state index in [1.54, 1.807) is 7.11 Å². The maximum Gasteiger partial charge on any atom is 0.119 e. The van der Waals surface area contributed by atoms with Crippen molar-refractivity contribution in [1.29, 1.82) is 0 Å². The third-order valence-corrected chi connectivity index (χ3v) is 4.46. The van der Waals surface area contributed by atoms with E-state index in [1.807, 2.05) is 24.3 Å². The lowest BCUT2D eigenvalue weighted by Crippen LogP contribution is -2.30. The highest BCUT2D eigenvalue weighted by Gasteiger charge is 2.24. The molecule has 0 aliphatic heterocycles. The van der Waals surface area contributed by atoms with Crippen molar-refractivity contribution in [1.82, 2.24) is 0 Å². The maximum absolute atomic E-state index is 10.2. The first-order valence-electron chi connectivity index (χ1n) is 7.84. The predicted octanol–water partition coefficient (Wildman–Crippen LogP) is 2.51. The van der Waals surface area contributed by atoms with Crippen molar-refractivity contribution in [3.05, 3.63) is 29.8 Å². The number of hydrogen-bond acceptors (Lipinski definition) is 4. The quantitative estimate of drug-likeness (QED) is 0.811. The average molecular weight is 293 g/mol. The zero-order valence-electron chi connectivity index (χ0n) is 12.8. The van der Waals surface area contributed by atoms with E-state index in [2.05, 4.69) is 0 Å². The summed E-state index contributed by atoms with van der Waals surface area (Å²) >= 11 is 0. The molecule has 0 radical (unpaired) electrons. The third kappa shape index (κ3) is 4.70. The number of aliphatic hydroxyl groups is 1. The van der Waals surface area contributed by atoms with Gasteiger partial charge in [-0.05, 0) is 48.9 Å². The van der Waals surface area contributed by atoms with Crippen LogP contribution in [0, 0.1) is 11.8 Å². The first-order valence-corrected chi connectivity index (χ1v) is 7.84. The van der Waals surface area contributed by atoms with E-state index in [4.69, 9.17) is 15.2 Å². The molecule has 3 N–H and O–H groups in total. The second-order valence-corrected chi connectivity index (χ2v) is 5.87. The van der Waals surface area contributed by atoms with Crippen molar-refractivity contribution in [2.45, 2.75) is 31.8 Å². The highest BCUT2D eigenvalue weighted by atomic mass is 16.5. The van der Waals surface area contributed by atoms with Gasteiger partial charge in [0, 0.05) is 6.61 Å². The van der Waals surface area contributed by atoms with Crippen LogP contribution in [0.25, 0.3) is 0 Å². The molecule has 0 spiro atoms. The zero-order chi connectivity index (χ0) is 15.1. The molecule has 3 atom stereocenters. The Balaban J connectivity index is 1.79. The second-order valence-electron chi connectivity index (χ2n) is 5.87. The number of methoxy groups -OCH3 is 1. The van der Waals surface area contributed by atoms with E-state index in [0.717, 1.165) is 17.9 Å². The van der Waals surface area contributed by atoms with Gasteiger partial charge in [-0.1, -0.05) is 25.0 Å². The van der Waals surface area contributed by atoms with Crippen LogP contribution in [0.15, 0.2) is 24.3 Å². The lowest BCUT2D eigenvalue weighted by atomic mass is 9.80. The number of ether oxygens (including phenoxy) is 2. The predicted molar refractivity (Wildman–Crippen MR) is 83.3 cm³/mol. The van der Waals surface area contributed by atoms with Crippen LogP contribution in [0.1, 0.15) is 37.4 Å². The van der Waals surface area contributed by atoms with Crippen LogP contribution in [0.3, 0.4) is 0 Å². The highest BCUT2D eigenvalue weighted by molar-refractivity contribution is 5.29. The van der Waals surface area contributed by atoms with E-state index in [1.165, 1.54) is 25.7 Å². The molecule has 118 valence electrons. The summed E-state index contributed by atoms with van der Waals surface area (Å²) in [5.74, 6) is 1.87. The molecule has 0 bridgehead atoms. The van der Waals surface area contributed by atoms with Gasteiger partial charge in [0.05, 0.1) is 13.7 Å². The lowest BCUT2D eigenvalue weighted by molar-refractivity contribution is 0.00370. The summed E-state index contributed by atoms with van der Waals surface area (Å²) in [4.78, 5) is 0. The minimum absolute atomic E-state index is 0.320. The minimum Gasteiger partial charge on any atom is -0.497 e. The fraction of sp³-hybridized carbons (Fsp3) is 0.647. The minimum atomic E-state index is -0.611. The summed E-state index contributed by atoms with van der Waals surface area (Å²) in [6.45, 7) is 1.76. The van der Waals surface area contributed by atoms with Crippen molar-refractivity contribution in [3.63, 3.8) is 0 Å². The first-order chi connectivity index (χ1) is 10.2. The number of benzene rings is 1. The summed E-state index contributed by atoms with van der Waals surface area (Å²) in [5.41, 5.74) is 6.66. The molecule has 1 aliphatic carbocycles. The fourth-order valence-corrected chi connectivity index (χ4v) is 3.09. The van der Waals surface area contributed by atoms with Crippen molar-refractivity contribution >= 4 is 0 Å². The first kappa shape index (κ1) is 16.3. The van der Waals surface area contributed by atoms with E-state index in [0.29, 0.717) is 25.0 Å². The smallest absolute Gasteiger partial charge is 0.119 e. The number of nitrogens with two attached hydrogens (primary N) is 1. The molecule has 4 nitrogen and oxygen atoms in total. The fourth-order valence-electron chi connectivity index (χ4n) is 3.09. The van der Waals surface area contributed by atoms with Gasteiger partial charge in [-0.2, -0.15) is 0 Å². The van der Waals surface area contributed by atoms with Gasteiger partial charge in [-0.25, -0.2) is 0 Å². The molecule has 21 heavy (non-hydrogen) atoms. The molecule has 0 amide bonds. The highest BCUT2D eigenvalue weighted by Crippen LogP contribution is 2.29. The SMILES string of the molecule is COc1cccc(C(O)COCC2CCCCC2CN)c1. The molecule has 3 unspecified atom stereocenters. The van der Waals surface area contributed by atoms with Crippen molar-refractivity contribution in [2.24, 2.45) is 17.6 Å². The van der Waals surface area contributed by atoms with Gasteiger partial charge in [0.25, 0.3) is 0 Å². The Bertz CT molecular complexity index is 424. The Hall–Kier alpha value is -1.10. The van der Waals surface area contributed by atoms with Gasteiger partial charge in [0.1, 0.15) is 11.9 Å². The van der Waals surface area contributed by atoms with Gasteiger partial charge < -0.3 is 20.3 Å². The Labute approximate surface area is 127 Å². The van der Waals surface area contributed by atoms with Gasteiger partial charge in [-0.3, -0.25) is 0 Å². The number of hydrogen-bond donors (Lipinski definition) is 2. The molecular formula is C17H27NO3. The van der Waals surface area contributed by atoms with E-state index in [9.17, 15) is 5.11 Å². The number of rotatable bonds is 7. The molecule has 4 heteroatoms. The summed E-state index contributed by atoms with van der Waals surface area (Å²) < 4.78 is 10.9. The summed E-state index contributed by atoms with van der Waals surface area (Å²) in [7, 11) is 1.62. The van der Waals surface area contributed by atoms with Crippen molar-refractivity contribution in [2.75, 3.05) is 26.9 Å². The van der Waals surface area contributed by atoms with E-state index in [-0.39, 0.29) is 0 Å². The second kappa shape index (κ2) is 8.37. The molecule has 1 aromatic carbocycles. The Morgan fingerprint density at radius 2 is 2.05 bits per heavy atom. The Morgan fingerprint density at radius 1 is 1.29 bits per heavy atom. The summed E-state index contributed by atoms with van der Waals surface area (Å²) in [5, 5.41) is 10.2. The summed E-state index contributed by atoms with van der Waals surface area (Å²) in [6.07, 6.45) is 4.34. The largest absolute Gasteiger partial charge is 0.497 e. The van der Waals surface area contributed by atoms with Crippen LogP contribution < -0.4 is 10.5 Å². The molecule has 1 aliphatic rings. The van der Waals surface area contributed by atoms with Crippen LogP contribution in [0.2, 0.25) is 0 Å². The molecular weight excluding hydrogens is 266 g/mol. The molecule has 1 aromatic rings. The van der Waals surface area contributed by atoms with Crippen LogP contribution in [-0.2, 0) is 4.74 Å².